The van der Waals surface area contributed by atoms with Crippen LogP contribution in [0.15, 0.2) is 36.4 Å². The fourth-order valence-electron chi connectivity index (χ4n) is 4.16. The maximum Gasteiger partial charge on any atom is 0.166 e. The number of benzene rings is 2. The highest BCUT2D eigenvalue weighted by atomic mass is 32.2. The molecule has 0 aliphatic carbocycles. The Morgan fingerprint density at radius 2 is 1.73 bits per heavy atom. The molecule has 2 heterocycles. The van der Waals surface area contributed by atoms with Gasteiger partial charge in [0.1, 0.15) is 0 Å². The SMILES string of the molecule is Cc1ccc2ccccc2c1C(=O)C1CC2CCC(C1)S2=O. The van der Waals surface area contributed by atoms with Crippen molar-refractivity contribution >= 4 is 27.4 Å². The maximum atomic E-state index is 13.2. The van der Waals surface area contributed by atoms with E-state index in [0.29, 0.717) is 0 Å². The lowest BCUT2D eigenvalue weighted by Gasteiger charge is -2.27. The van der Waals surface area contributed by atoms with Crippen molar-refractivity contribution < 1.29 is 9.00 Å². The predicted molar refractivity (Wildman–Crippen MR) is 90.7 cm³/mol. The highest BCUT2D eigenvalue weighted by molar-refractivity contribution is 7.86. The van der Waals surface area contributed by atoms with E-state index in [-0.39, 0.29) is 22.2 Å². The molecule has 2 fully saturated rings. The number of rotatable bonds is 2. The molecule has 0 N–H and O–H groups in total. The van der Waals surface area contributed by atoms with Crippen LogP contribution in [0.4, 0.5) is 0 Å². The van der Waals surface area contributed by atoms with Gasteiger partial charge in [0.15, 0.2) is 5.78 Å². The summed E-state index contributed by atoms with van der Waals surface area (Å²) in [6.45, 7) is 2.02. The molecule has 0 aromatic heterocycles. The van der Waals surface area contributed by atoms with E-state index in [1.54, 1.807) is 0 Å². The van der Waals surface area contributed by atoms with Crippen LogP contribution < -0.4 is 0 Å². The lowest BCUT2D eigenvalue weighted by atomic mass is 9.86. The summed E-state index contributed by atoms with van der Waals surface area (Å²) in [7, 11) is -0.697. The molecule has 114 valence electrons. The number of aryl methyl sites for hydroxylation is 1. The first-order valence-corrected chi connectivity index (χ1v) is 9.34. The summed E-state index contributed by atoms with van der Waals surface area (Å²) in [5.41, 5.74) is 1.94. The molecule has 2 nitrogen and oxygen atoms in total. The number of carbonyl (C=O) groups is 1. The normalized spacial score (nSPS) is 30.6. The van der Waals surface area contributed by atoms with E-state index in [4.69, 9.17) is 0 Å². The van der Waals surface area contributed by atoms with E-state index in [0.717, 1.165) is 47.6 Å². The lowest BCUT2D eigenvalue weighted by Crippen LogP contribution is -2.32. The molecule has 3 heteroatoms. The van der Waals surface area contributed by atoms with Crippen molar-refractivity contribution in [3.63, 3.8) is 0 Å². The van der Waals surface area contributed by atoms with Crippen LogP contribution in [-0.4, -0.2) is 20.5 Å². The zero-order valence-corrected chi connectivity index (χ0v) is 13.6. The van der Waals surface area contributed by atoms with Crippen molar-refractivity contribution in [2.75, 3.05) is 0 Å². The number of Topliss-reactive ketones (excluding diaryl/α,β-unsaturated/α-hetero) is 1. The summed E-state index contributed by atoms with van der Waals surface area (Å²) >= 11 is 0. The van der Waals surface area contributed by atoms with Gasteiger partial charge >= 0.3 is 0 Å². The molecule has 2 atom stereocenters. The molecule has 2 aliphatic heterocycles. The Labute approximate surface area is 133 Å². The molecule has 4 rings (SSSR count). The van der Waals surface area contributed by atoms with Gasteiger partial charge in [-0.1, -0.05) is 36.4 Å². The minimum absolute atomic E-state index is 0.0553. The molecule has 2 unspecified atom stereocenters. The molecule has 2 bridgehead atoms. The molecule has 2 aromatic rings. The molecular weight excluding hydrogens is 292 g/mol. The second kappa shape index (κ2) is 5.31. The van der Waals surface area contributed by atoms with Crippen LogP contribution in [0.1, 0.15) is 41.6 Å². The van der Waals surface area contributed by atoms with Crippen LogP contribution in [0.25, 0.3) is 10.8 Å². The topological polar surface area (TPSA) is 34.1 Å². The number of hydrogen-bond acceptors (Lipinski definition) is 2. The van der Waals surface area contributed by atoms with Crippen molar-refractivity contribution in [2.45, 2.75) is 43.1 Å². The van der Waals surface area contributed by atoms with Crippen LogP contribution in [0.3, 0.4) is 0 Å². The van der Waals surface area contributed by atoms with Gasteiger partial charge in [-0.3, -0.25) is 9.00 Å². The van der Waals surface area contributed by atoms with Gasteiger partial charge in [0, 0.05) is 32.8 Å². The van der Waals surface area contributed by atoms with E-state index in [2.05, 4.69) is 12.1 Å². The Bertz CT molecular complexity index is 764. The number of carbonyl (C=O) groups excluding carboxylic acids is 1. The lowest BCUT2D eigenvalue weighted by molar-refractivity contribution is 0.0907. The summed E-state index contributed by atoms with van der Waals surface area (Å²) < 4.78 is 12.2. The zero-order valence-electron chi connectivity index (χ0n) is 12.7. The Balaban J connectivity index is 1.75. The Hall–Kier alpha value is -1.48. The molecule has 0 spiro atoms. The smallest absolute Gasteiger partial charge is 0.166 e. The largest absolute Gasteiger partial charge is 0.294 e. The minimum atomic E-state index is -0.697. The van der Waals surface area contributed by atoms with Crippen molar-refractivity contribution in [1.82, 2.24) is 0 Å². The maximum absolute atomic E-state index is 13.2. The quantitative estimate of drug-likeness (QED) is 0.785. The summed E-state index contributed by atoms with van der Waals surface area (Å²) in [6.07, 6.45) is 3.69. The third kappa shape index (κ3) is 2.14. The molecule has 2 saturated heterocycles. The molecular formula is C19H20O2S. The molecule has 22 heavy (non-hydrogen) atoms. The first kappa shape index (κ1) is 14.1. The Morgan fingerprint density at radius 1 is 1.05 bits per heavy atom. The molecule has 0 amide bonds. The van der Waals surface area contributed by atoms with E-state index < -0.39 is 10.8 Å². The summed E-state index contributed by atoms with van der Waals surface area (Å²) in [4.78, 5) is 13.2. The third-order valence-corrected chi connectivity index (χ3v) is 7.49. The van der Waals surface area contributed by atoms with Gasteiger partial charge < -0.3 is 0 Å². The summed E-state index contributed by atoms with van der Waals surface area (Å²) in [5.74, 6) is 0.322. The first-order chi connectivity index (χ1) is 10.6. The van der Waals surface area contributed by atoms with E-state index in [1.807, 2.05) is 31.2 Å². The molecule has 2 aliphatic rings. The minimum Gasteiger partial charge on any atom is -0.294 e. The van der Waals surface area contributed by atoms with Crippen LogP contribution in [-0.2, 0) is 10.8 Å². The first-order valence-electron chi connectivity index (χ1n) is 8.07. The summed E-state index contributed by atoms with van der Waals surface area (Å²) in [5, 5.41) is 2.69. The third-order valence-electron chi connectivity index (χ3n) is 5.32. The van der Waals surface area contributed by atoms with Crippen molar-refractivity contribution in [1.29, 1.82) is 0 Å². The van der Waals surface area contributed by atoms with E-state index in [1.165, 1.54) is 0 Å². The predicted octanol–water partition coefficient (Wildman–Crippen LogP) is 4.02. The van der Waals surface area contributed by atoms with E-state index in [9.17, 15) is 9.00 Å². The van der Waals surface area contributed by atoms with Gasteiger partial charge in [-0.15, -0.1) is 0 Å². The second-order valence-corrected chi connectivity index (χ2v) is 8.65. The summed E-state index contributed by atoms with van der Waals surface area (Å²) in [6, 6.07) is 12.2. The second-order valence-electron chi connectivity index (χ2n) is 6.66. The van der Waals surface area contributed by atoms with Gasteiger partial charge in [0.25, 0.3) is 0 Å². The van der Waals surface area contributed by atoms with Crippen LogP contribution in [0, 0.1) is 12.8 Å². The molecule has 0 saturated carbocycles. The Morgan fingerprint density at radius 3 is 2.45 bits per heavy atom. The number of ketones is 1. The van der Waals surface area contributed by atoms with Crippen molar-refractivity contribution in [2.24, 2.45) is 5.92 Å². The highest BCUT2D eigenvalue weighted by Crippen LogP contribution is 2.40. The van der Waals surface area contributed by atoms with Crippen LogP contribution in [0.2, 0.25) is 0 Å². The van der Waals surface area contributed by atoms with Gasteiger partial charge in [-0.2, -0.15) is 0 Å². The van der Waals surface area contributed by atoms with Crippen LogP contribution in [0.5, 0.6) is 0 Å². The van der Waals surface area contributed by atoms with E-state index >= 15 is 0 Å². The fourth-order valence-corrected chi connectivity index (χ4v) is 6.28. The van der Waals surface area contributed by atoms with Crippen LogP contribution >= 0.6 is 0 Å². The molecule has 2 aromatic carbocycles. The average molecular weight is 312 g/mol. The standard InChI is InChI=1S/C19H20O2S/c1-12-6-7-13-4-2-3-5-17(13)18(12)19(20)14-10-15-8-9-16(11-14)22(15)21/h2-7,14-16H,8-11H2,1H3. The van der Waals surface area contributed by atoms with Gasteiger partial charge in [-0.05, 0) is 48.9 Å². The van der Waals surface area contributed by atoms with Crippen molar-refractivity contribution in [3.05, 3.63) is 47.5 Å². The average Bonchev–Trinajstić information content (AvgIpc) is 2.76. The van der Waals surface area contributed by atoms with Gasteiger partial charge in [-0.25, -0.2) is 0 Å². The highest BCUT2D eigenvalue weighted by Gasteiger charge is 2.43. The monoisotopic (exact) mass is 312 g/mol. The number of fused-ring (bicyclic) bond motifs is 3. The number of hydrogen-bond donors (Lipinski definition) is 0. The van der Waals surface area contributed by atoms with Gasteiger partial charge in [0.2, 0.25) is 0 Å². The molecule has 0 radical (unpaired) electrons. The van der Waals surface area contributed by atoms with Gasteiger partial charge in [0.05, 0.1) is 0 Å². The van der Waals surface area contributed by atoms with Crippen molar-refractivity contribution in [3.8, 4) is 0 Å². The fraction of sp³-hybridized carbons (Fsp3) is 0.421. The zero-order chi connectivity index (χ0) is 15.3. The Kier molecular flexibility index (Phi) is 3.41.